The zero-order chi connectivity index (χ0) is 31.5. The van der Waals surface area contributed by atoms with Crippen molar-refractivity contribution in [1.82, 2.24) is 10.6 Å². The third-order valence-corrected chi connectivity index (χ3v) is 9.02. The van der Waals surface area contributed by atoms with Crippen LogP contribution in [-0.2, 0) is 20.7 Å². The van der Waals surface area contributed by atoms with E-state index in [2.05, 4.69) is 10.6 Å². The smallest absolute Gasteiger partial charge is 0.226 e. The number of aliphatic hydroxyl groups is 3. The van der Waals surface area contributed by atoms with Crippen LogP contribution < -0.4 is 15.4 Å². The minimum absolute atomic E-state index is 0.0996. The Morgan fingerprint density at radius 2 is 1.61 bits per heavy atom. The molecule has 44 heavy (non-hydrogen) atoms. The monoisotopic (exact) mass is 610 g/mol. The summed E-state index contributed by atoms with van der Waals surface area (Å²) in [5.41, 5.74) is 1.84. The molecule has 0 aromatic heterocycles. The maximum atomic E-state index is 13.6. The first-order valence-electron chi connectivity index (χ1n) is 16.2. The number of nitrogens with one attached hydrogen (secondary N) is 2. The summed E-state index contributed by atoms with van der Waals surface area (Å²) in [6.07, 6.45) is 2.93. The second-order valence-electron chi connectivity index (χ2n) is 12.6. The van der Waals surface area contributed by atoms with E-state index >= 15 is 0 Å². The number of benzene rings is 2. The summed E-state index contributed by atoms with van der Waals surface area (Å²) in [5, 5.41) is 39.6. The molecule has 0 saturated heterocycles. The summed E-state index contributed by atoms with van der Waals surface area (Å²) in [6, 6.07) is 15.7. The SMILES string of the molecule is CC(C)[C@@H](C(=O)NC1c2ccccc2CC1O)[C@@H](O)[C@H](O)[C@H](CC1CCCCC1)NC(=O)CCOCCOc1ccccc1. The molecule has 6 atom stereocenters. The molecule has 1 saturated carbocycles. The van der Waals surface area contributed by atoms with E-state index in [9.17, 15) is 24.9 Å². The van der Waals surface area contributed by atoms with Gasteiger partial charge in [-0.15, -0.1) is 0 Å². The van der Waals surface area contributed by atoms with E-state index < -0.39 is 42.2 Å². The number of rotatable bonds is 16. The molecule has 2 amide bonds. The number of ether oxygens (including phenoxy) is 2. The third-order valence-electron chi connectivity index (χ3n) is 9.02. The molecule has 242 valence electrons. The number of carbonyl (C=O) groups excluding carboxylic acids is 2. The number of amides is 2. The van der Waals surface area contributed by atoms with Gasteiger partial charge in [0.2, 0.25) is 11.8 Å². The van der Waals surface area contributed by atoms with E-state index in [0.717, 1.165) is 42.6 Å². The highest BCUT2D eigenvalue weighted by Crippen LogP contribution is 2.33. The van der Waals surface area contributed by atoms with E-state index in [1.807, 2.05) is 68.4 Å². The highest BCUT2D eigenvalue weighted by Gasteiger charge is 2.41. The lowest BCUT2D eigenvalue weighted by Gasteiger charge is -2.36. The molecule has 2 unspecified atom stereocenters. The Labute approximate surface area is 261 Å². The van der Waals surface area contributed by atoms with E-state index in [1.165, 1.54) is 6.42 Å². The van der Waals surface area contributed by atoms with Crippen LogP contribution >= 0.6 is 0 Å². The molecule has 1 fully saturated rings. The Hall–Kier alpha value is -2.98. The van der Waals surface area contributed by atoms with Crippen LogP contribution in [0.15, 0.2) is 54.6 Å². The molecular weight excluding hydrogens is 560 g/mol. The van der Waals surface area contributed by atoms with Crippen LogP contribution in [0.3, 0.4) is 0 Å². The first kappa shape index (κ1) is 33.9. The van der Waals surface area contributed by atoms with E-state index in [-0.39, 0.29) is 24.9 Å². The number of hydrogen-bond acceptors (Lipinski definition) is 7. The molecule has 0 bridgehead atoms. The van der Waals surface area contributed by atoms with Crippen LogP contribution in [0.5, 0.6) is 5.75 Å². The van der Waals surface area contributed by atoms with Crippen LogP contribution in [0.1, 0.15) is 76.0 Å². The standard InChI is InChI=1S/C35H50N2O7/c1-23(2)31(35(42)37-32-27-16-10-9-13-25(27)22-29(32)38)34(41)33(40)28(21-24-11-5-3-6-12-24)36-30(39)17-18-43-19-20-44-26-14-7-4-8-15-26/h4,7-10,13-16,23-24,28-29,31-34,38,40-41H,3,5-6,11-12,17-22H2,1-2H3,(H,36,39)(H,37,42)/t28-,29?,31+,32?,33+,34+/m0/s1. The van der Waals surface area contributed by atoms with Crippen molar-refractivity contribution >= 4 is 11.8 Å². The maximum Gasteiger partial charge on any atom is 0.226 e. The van der Waals surface area contributed by atoms with E-state index in [4.69, 9.17) is 9.47 Å². The molecule has 0 aliphatic heterocycles. The van der Waals surface area contributed by atoms with Crippen molar-refractivity contribution in [1.29, 1.82) is 0 Å². The molecule has 5 N–H and O–H groups in total. The minimum Gasteiger partial charge on any atom is -0.491 e. The van der Waals surface area contributed by atoms with Gasteiger partial charge < -0.3 is 35.4 Å². The van der Waals surface area contributed by atoms with Crippen molar-refractivity contribution in [2.45, 2.75) is 95.6 Å². The predicted octanol–water partition coefficient (Wildman–Crippen LogP) is 3.70. The molecule has 9 nitrogen and oxygen atoms in total. The van der Waals surface area contributed by atoms with Crippen LogP contribution in [-0.4, -0.2) is 71.3 Å². The zero-order valence-corrected chi connectivity index (χ0v) is 26.1. The van der Waals surface area contributed by atoms with Gasteiger partial charge in [0.05, 0.1) is 43.4 Å². The summed E-state index contributed by atoms with van der Waals surface area (Å²) in [5.74, 6) is -0.878. The first-order valence-corrected chi connectivity index (χ1v) is 16.2. The van der Waals surface area contributed by atoms with Gasteiger partial charge in [-0.05, 0) is 41.5 Å². The number of hydrogen-bond donors (Lipinski definition) is 5. The molecule has 2 aliphatic carbocycles. The average Bonchev–Trinajstić information content (AvgIpc) is 3.33. The lowest BCUT2D eigenvalue weighted by molar-refractivity contribution is -0.138. The van der Waals surface area contributed by atoms with Crippen molar-refractivity contribution in [3.63, 3.8) is 0 Å². The second-order valence-corrected chi connectivity index (χ2v) is 12.6. The van der Waals surface area contributed by atoms with Crippen LogP contribution in [0.4, 0.5) is 0 Å². The zero-order valence-electron chi connectivity index (χ0n) is 26.1. The van der Waals surface area contributed by atoms with Crippen LogP contribution in [0.2, 0.25) is 0 Å². The quantitative estimate of drug-likeness (QED) is 0.183. The largest absolute Gasteiger partial charge is 0.491 e. The Morgan fingerprint density at radius 3 is 2.34 bits per heavy atom. The topological polar surface area (TPSA) is 137 Å². The van der Waals surface area contributed by atoms with Gasteiger partial charge in [0.25, 0.3) is 0 Å². The molecule has 0 spiro atoms. The van der Waals surface area contributed by atoms with Gasteiger partial charge in [-0.25, -0.2) is 0 Å². The third kappa shape index (κ3) is 9.51. The van der Waals surface area contributed by atoms with Gasteiger partial charge in [-0.1, -0.05) is 88.4 Å². The number of para-hydroxylation sites is 1. The Morgan fingerprint density at radius 1 is 0.909 bits per heavy atom. The maximum absolute atomic E-state index is 13.6. The fourth-order valence-corrected chi connectivity index (χ4v) is 6.65. The normalized spacial score (nSPS) is 21.2. The predicted molar refractivity (Wildman–Crippen MR) is 168 cm³/mol. The fourth-order valence-electron chi connectivity index (χ4n) is 6.65. The first-order chi connectivity index (χ1) is 21.2. The highest BCUT2D eigenvalue weighted by atomic mass is 16.5. The Kier molecular flexibility index (Phi) is 13.0. The van der Waals surface area contributed by atoms with Gasteiger partial charge in [0, 0.05) is 12.8 Å². The molecule has 2 aromatic carbocycles. The molecule has 0 heterocycles. The summed E-state index contributed by atoms with van der Waals surface area (Å²) in [4.78, 5) is 26.6. The Bertz CT molecular complexity index is 1170. The number of aliphatic hydroxyl groups excluding tert-OH is 3. The van der Waals surface area contributed by atoms with Crippen molar-refractivity contribution in [3.8, 4) is 5.75 Å². The van der Waals surface area contributed by atoms with E-state index in [1.54, 1.807) is 0 Å². The average molecular weight is 611 g/mol. The van der Waals surface area contributed by atoms with Crippen molar-refractivity contribution in [3.05, 3.63) is 65.7 Å². The Balaban J connectivity index is 1.34. The van der Waals surface area contributed by atoms with Crippen LogP contribution in [0, 0.1) is 17.8 Å². The van der Waals surface area contributed by atoms with Crippen molar-refractivity contribution in [2.75, 3.05) is 19.8 Å². The molecule has 2 aliphatic rings. The molecule has 9 heteroatoms. The van der Waals surface area contributed by atoms with Gasteiger partial charge in [0.1, 0.15) is 18.5 Å². The summed E-state index contributed by atoms with van der Waals surface area (Å²) in [6.45, 7) is 4.55. The molecular formula is C35H50N2O7. The van der Waals surface area contributed by atoms with Gasteiger partial charge >= 0.3 is 0 Å². The molecule has 4 rings (SSSR count). The summed E-state index contributed by atoms with van der Waals surface area (Å²) < 4.78 is 11.2. The summed E-state index contributed by atoms with van der Waals surface area (Å²) >= 11 is 0. The lowest BCUT2D eigenvalue weighted by atomic mass is 9.79. The van der Waals surface area contributed by atoms with Crippen molar-refractivity contribution in [2.24, 2.45) is 17.8 Å². The number of fused-ring (bicyclic) bond motifs is 1. The second kappa shape index (κ2) is 16.9. The molecule has 2 aromatic rings. The highest BCUT2D eigenvalue weighted by molar-refractivity contribution is 5.80. The molecule has 0 radical (unpaired) electrons. The number of carbonyl (C=O) groups is 2. The fraction of sp³-hybridized carbons (Fsp3) is 0.600. The minimum atomic E-state index is -1.41. The van der Waals surface area contributed by atoms with Gasteiger partial charge in [-0.2, -0.15) is 0 Å². The van der Waals surface area contributed by atoms with E-state index in [0.29, 0.717) is 32.0 Å². The van der Waals surface area contributed by atoms with Gasteiger partial charge in [-0.3, -0.25) is 9.59 Å². The van der Waals surface area contributed by atoms with Crippen molar-refractivity contribution < 1.29 is 34.4 Å². The van der Waals surface area contributed by atoms with Crippen LogP contribution in [0.25, 0.3) is 0 Å². The lowest BCUT2D eigenvalue weighted by Crippen LogP contribution is -2.55. The van der Waals surface area contributed by atoms with Gasteiger partial charge in [0.15, 0.2) is 0 Å². The summed E-state index contributed by atoms with van der Waals surface area (Å²) in [7, 11) is 0.